The fourth-order valence-corrected chi connectivity index (χ4v) is 2.56. The van der Waals surface area contributed by atoms with E-state index in [1.807, 2.05) is 60.7 Å². The summed E-state index contributed by atoms with van der Waals surface area (Å²) in [5.41, 5.74) is 4.80. The van der Waals surface area contributed by atoms with Crippen molar-refractivity contribution in [2.45, 2.75) is 0 Å². The van der Waals surface area contributed by atoms with Crippen LogP contribution >= 0.6 is 0 Å². The topological polar surface area (TPSA) is 44.7 Å². The molecule has 1 aliphatic rings. The van der Waals surface area contributed by atoms with Gasteiger partial charge < -0.3 is 0 Å². The quantitative estimate of drug-likeness (QED) is 0.894. The molecule has 0 fully saturated rings. The molecular weight excluding hydrogens is 246 g/mol. The van der Waals surface area contributed by atoms with E-state index >= 15 is 0 Å². The second-order valence-electron chi connectivity index (χ2n) is 3.78. The monoisotopic (exact) mass is 257 g/mol. The maximum atomic E-state index is 11.9. The lowest BCUT2D eigenvalue weighted by Gasteiger charge is -2.15. The first kappa shape index (κ1) is 11.0. The highest BCUT2D eigenvalue weighted by atomic mass is 32.2. The normalized spacial score (nSPS) is 18.3. The minimum absolute atomic E-state index is 0.623. The van der Waals surface area contributed by atoms with E-state index in [-0.39, 0.29) is 0 Å². The van der Waals surface area contributed by atoms with Crippen LogP contribution in [0.4, 0.5) is 5.69 Å². The molecule has 4 nitrogen and oxygen atoms in total. The summed E-state index contributed by atoms with van der Waals surface area (Å²) in [7, 11) is 0. The molecule has 2 aromatic rings. The van der Waals surface area contributed by atoms with Crippen LogP contribution in [0.3, 0.4) is 0 Å². The molecule has 0 amide bonds. The van der Waals surface area contributed by atoms with Crippen molar-refractivity contribution in [2.24, 2.45) is 4.40 Å². The van der Waals surface area contributed by atoms with Crippen LogP contribution in [-0.4, -0.2) is 10.0 Å². The Balaban J connectivity index is 1.88. The predicted molar refractivity (Wildman–Crippen MR) is 73.2 cm³/mol. The summed E-state index contributed by atoms with van der Waals surface area (Å²) in [5.74, 6) is 0.623. The smallest absolute Gasteiger partial charge is 0.267 e. The van der Waals surface area contributed by atoms with Crippen molar-refractivity contribution >= 4 is 22.7 Å². The average Bonchev–Trinajstić information content (AvgIpc) is 2.83. The summed E-state index contributed by atoms with van der Waals surface area (Å²) in [6, 6.07) is 19.1. The fraction of sp³-hybridized carbons (Fsp3) is 0. The molecule has 1 N–H and O–H groups in total. The van der Waals surface area contributed by atoms with E-state index in [1.54, 1.807) is 4.41 Å². The van der Waals surface area contributed by atoms with Crippen LogP contribution in [0.1, 0.15) is 5.56 Å². The highest BCUT2D eigenvalue weighted by Gasteiger charge is 2.23. The number of benzene rings is 2. The lowest BCUT2D eigenvalue weighted by molar-refractivity contribution is 0.681. The van der Waals surface area contributed by atoms with Crippen molar-refractivity contribution < 1.29 is 4.21 Å². The third kappa shape index (κ3) is 2.00. The molecule has 2 aromatic carbocycles. The third-order valence-corrected chi connectivity index (χ3v) is 3.52. The van der Waals surface area contributed by atoms with Gasteiger partial charge in [0.2, 0.25) is 0 Å². The maximum Gasteiger partial charge on any atom is 0.267 e. The Hall–Kier alpha value is -2.14. The van der Waals surface area contributed by atoms with Crippen molar-refractivity contribution in [3.05, 3.63) is 66.2 Å². The molecule has 5 heteroatoms. The minimum atomic E-state index is -1.43. The lowest BCUT2D eigenvalue weighted by Crippen LogP contribution is -2.36. The zero-order valence-electron chi connectivity index (χ0n) is 9.48. The van der Waals surface area contributed by atoms with E-state index in [2.05, 4.69) is 9.82 Å². The van der Waals surface area contributed by atoms with Crippen molar-refractivity contribution in [1.82, 2.24) is 5.43 Å². The lowest BCUT2D eigenvalue weighted by atomic mass is 10.2. The predicted octanol–water partition coefficient (Wildman–Crippen LogP) is 2.04. The Labute approximate surface area is 108 Å². The summed E-state index contributed by atoms with van der Waals surface area (Å²) < 4.78 is 17.6. The number of hydrogen-bond acceptors (Lipinski definition) is 2. The molecule has 0 bridgehead atoms. The summed E-state index contributed by atoms with van der Waals surface area (Å²) in [4.78, 5) is 0. The fourth-order valence-electron chi connectivity index (χ4n) is 1.71. The van der Waals surface area contributed by atoms with E-state index < -0.39 is 11.2 Å². The van der Waals surface area contributed by atoms with Gasteiger partial charge in [-0.1, -0.05) is 48.5 Å². The van der Waals surface area contributed by atoms with Crippen LogP contribution in [0, 0.1) is 0 Å². The van der Waals surface area contributed by atoms with Gasteiger partial charge in [-0.15, -0.1) is 4.40 Å². The first-order valence-electron chi connectivity index (χ1n) is 5.52. The number of hydrazine groups is 1. The Morgan fingerprint density at radius 2 is 1.56 bits per heavy atom. The maximum absolute atomic E-state index is 11.9. The molecule has 0 aliphatic carbocycles. The van der Waals surface area contributed by atoms with Gasteiger partial charge in [-0.2, -0.15) is 4.41 Å². The number of nitrogens with one attached hydrogen (secondary N) is 1. The molecule has 0 saturated carbocycles. The van der Waals surface area contributed by atoms with Gasteiger partial charge >= 0.3 is 0 Å². The molecular formula is C13H11N3OS. The number of nitrogens with zero attached hydrogens (tertiary/aromatic N) is 2. The zero-order chi connectivity index (χ0) is 12.4. The molecule has 3 rings (SSSR count). The number of para-hydroxylation sites is 1. The molecule has 1 heterocycles. The molecule has 18 heavy (non-hydrogen) atoms. The Morgan fingerprint density at radius 1 is 0.944 bits per heavy atom. The second-order valence-corrected chi connectivity index (χ2v) is 4.79. The molecule has 0 spiro atoms. The molecule has 1 atom stereocenters. The van der Waals surface area contributed by atoms with Gasteiger partial charge in [0.25, 0.3) is 11.2 Å². The Morgan fingerprint density at radius 3 is 2.22 bits per heavy atom. The van der Waals surface area contributed by atoms with Crippen LogP contribution in [-0.2, 0) is 11.2 Å². The Kier molecular flexibility index (Phi) is 2.82. The van der Waals surface area contributed by atoms with Gasteiger partial charge in [0, 0.05) is 5.56 Å². The van der Waals surface area contributed by atoms with Crippen LogP contribution < -0.4 is 9.84 Å². The highest BCUT2D eigenvalue weighted by molar-refractivity contribution is 7.85. The van der Waals surface area contributed by atoms with E-state index in [9.17, 15) is 4.21 Å². The van der Waals surface area contributed by atoms with E-state index in [0.29, 0.717) is 5.84 Å². The van der Waals surface area contributed by atoms with Crippen molar-refractivity contribution in [1.29, 1.82) is 0 Å². The van der Waals surface area contributed by atoms with E-state index in [1.165, 1.54) is 0 Å². The number of rotatable bonds is 2. The van der Waals surface area contributed by atoms with Crippen LogP contribution in [0.5, 0.6) is 0 Å². The number of hydrogen-bond donors (Lipinski definition) is 1. The molecule has 0 aromatic heterocycles. The van der Waals surface area contributed by atoms with Gasteiger partial charge in [0.1, 0.15) is 0 Å². The van der Waals surface area contributed by atoms with Crippen LogP contribution in [0.25, 0.3) is 0 Å². The summed E-state index contributed by atoms with van der Waals surface area (Å²) >= 11 is -1.43. The second kappa shape index (κ2) is 4.62. The highest BCUT2D eigenvalue weighted by Crippen LogP contribution is 2.18. The van der Waals surface area contributed by atoms with Gasteiger partial charge in [-0.3, -0.25) is 5.43 Å². The SMILES string of the molecule is O=S1N=C(c2ccccc2)NN1c1ccccc1. The van der Waals surface area contributed by atoms with Crippen LogP contribution in [0.2, 0.25) is 0 Å². The first-order valence-corrected chi connectivity index (χ1v) is 6.59. The number of anilines is 1. The van der Waals surface area contributed by atoms with Crippen molar-refractivity contribution in [3.63, 3.8) is 0 Å². The van der Waals surface area contributed by atoms with Crippen molar-refractivity contribution in [2.75, 3.05) is 4.41 Å². The third-order valence-electron chi connectivity index (χ3n) is 2.57. The molecule has 1 unspecified atom stereocenters. The molecule has 0 saturated heterocycles. The van der Waals surface area contributed by atoms with Crippen molar-refractivity contribution in [3.8, 4) is 0 Å². The summed E-state index contributed by atoms with van der Waals surface area (Å²) in [6.45, 7) is 0. The summed E-state index contributed by atoms with van der Waals surface area (Å²) in [5, 5.41) is 0. The van der Waals surface area contributed by atoms with Gasteiger partial charge in [0.15, 0.2) is 5.84 Å². The van der Waals surface area contributed by atoms with Gasteiger partial charge in [-0.25, -0.2) is 4.21 Å². The summed E-state index contributed by atoms with van der Waals surface area (Å²) in [6.07, 6.45) is 0. The standard InChI is InChI=1S/C13H11N3OS/c17-18-15-13(11-7-3-1-4-8-11)14-16(18)12-9-5-2-6-10-12/h1-10H,(H,14,15). The largest absolute Gasteiger partial charge is 0.267 e. The van der Waals surface area contributed by atoms with E-state index in [0.717, 1.165) is 11.3 Å². The van der Waals surface area contributed by atoms with Gasteiger partial charge in [-0.05, 0) is 12.1 Å². The Bertz CT molecular complexity index is 598. The number of amidine groups is 1. The first-order chi connectivity index (χ1) is 8.84. The van der Waals surface area contributed by atoms with Gasteiger partial charge in [0.05, 0.1) is 5.69 Å². The molecule has 1 aliphatic heterocycles. The zero-order valence-corrected chi connectivity index (χ0v) is 10.3. The molecule has 0 radical (unpaired) electrons. The van der Waals surface area contributed by atoms with E-state index in [4.69, 9.17) is 0 Å². The average molecular weight is 257 g/mol. The minimum Gasteiger partial charge on any atom is -0.267 e. The molecule has 90 valence electrons. The van der Waals surface area contributed by atoms with Crippen LogP contribution in [0.15, 0.2) is 65.1 Å².